The van der Waals surface area contributed by atoms with Crippen molar-refractivity contribution in [2.75, 3.05) is 19.0 Å². The van der Waals surface area contributed by atoms with Crippen molar-refractivity contribution < 1.29 is 34.1 Å². The maximum atomic E-state index is 13.8. The molecule has 1 saturated carbocycles. The van der Waals surface area contributed by atoms with Crippen LogP contribution in [-0.4, -0.2) is 57.5 Å². The van der Waals surface area contributed by atoms with Crippen molar-refractivity contribution in [2.24, 2.45) is 17.6 Å². The number of nitrogens with zero attached hydrogens (tertiary/aromatic N) is 2. The molecule has 1 aromatic heterocycles. The topological polar surface area (TPSA) is 167 Å². The zero-order chi connectivity index (χ0) is 24.9. The SMILES string of the molecule is CN(C)c1cc2ncoc2c2c1C(C)(C)C1CC3CC(=O)C(C(N)=O)=C(O)[C@@]3(O)C(=O)C1=C2O. The van der Waals surface area contributed by atoms with Gasteiger partial charge in [-0.15, -0.1) is 0 Å². The van der Waals surface area contributed by atoms with Gasteiger partial charge < -0.3 is 30.4 Å². The minimum absolute atomic E-state index is 0.0884. The van der Waals surface area contributed by atoms with Crippen molar-refractivity contribution in [3.8, 4) is 0 Å². The van der Waals surface area contributed by atoms with Gasteiger partial charge in [-0.25, -0.2) is 4.98 Å². The van der Waals surface area contributed by atoms with Crippen LogP contribution in [0.3, 0.4) is 0 Å². The number of hydrogen-bond acceptors (Lipinski definition) is 9. The molecule has 3 atom stereocenters. The molecule has 178 valence electrons. The minimum Gasteiger partial charge on any atom is -0.508 e. The zero-order valence-corrected chi connectivity index (χ0v) is 19.2. The van der Waals surface area contributed by atoms with Crippen LogP contribution in [0.1, 0.15) is 37.8 Å². The van der Waals surface area contributed by atoms with Gasteiger partial charge in [-0.2, -0.15) is 0 Å². The Balaban J connectivity index is 1.85. The highest BCUT2D eigenvalue weighted by Crippen LogP contribution is 2.58. The Bertz CT molecular complexity index is 1380. The molecule has 3 aliphatic carbocycles. The highest BCUT2D eigenvalue weighted by Gasteiger charge is 2.63. The number of fused-ring (bicyclic) bond motifs is 5. The normalized spacial score (nSPS) is 28.0. The molecule has 5 N–H and O–H groups in total. The molecule has 3 aliphatic rings. The van der Waals surface area contributed by atoms with E-state index in [9.17, 15) is 29.7 Å². The second-order valence-electron chi connectivity index (χ2n) is 10.0. The van der Waals surface area contributed by atoms with Gasteiger partial charge in [-0.05, 0) is 23.5 Å². The third-order valence-corrected chi connectivity index (χ3v) is 7.70. The van der Waals surface area contributed by atoms with Gasteiger partial charge in [0.2, 0.25) is 5.78 Å². The van der Waals surface area contributed by atoms with Crippen LogP contribution >= 0.6 is 0 Å². The summed E-state index contributed by atoms with van der Waals surface area (Å²) in [7, 11) is 3.71. The number of aliphatic hydroxyl groups excluding tert-OH is 2. The van der Waals surface area contributed by atoms with E-state index >= 15 is 0 Å². The van der Waals surface area contributed by atoms with Crippen LogP contribution in [0.15, 0.2) is 33.8 Å². The van der Waals surface area contributed by atoms with E-state index in [1.807, 2.05) is 38.9 Å². The molecular formula is C24H25N3O7. The van der Waals surface area contributed by atoms with Crippen molar-refractivity contribution in [3.05, 3.63) is 40.5 Å². The number of carbonyl (C=O) groups is 3. The van der Waals surface area contributed by atoms with E-state index in [1.165, 1.54) is 6.39 Å². The first kappa shape index (κ1) is 22.1. The summed E-state index contributed by atoms with van der Waals surface area (Å²) in [6.45, 7) is 3.84. The molecule has 2 unspecified atom stereocenters. The van der Waals surface area contributed by atoms with Crippen molar-refractivity contribution in [1.29, 1.82) is 0 Å². The van der Waals surface area contributed by atoms with E-state index in [0.29, 0.717) is 5.52 Å². The molecule has 1 amide bonds. The largest absolute Gasteiger partial charge is 0.508 e. The molecule has 0 saturated heterocycles. The smallest absolute Gasteiger partial charge is 0.255 e. The van der Waals surface area contributed by atoms with E-state index in [4.69, 9.17) is 10.2 Å². The molecule has 34 heavy (non-hydrogen) atoms. The van der Waals surface area contributed by atoms with Crippen LogP contribution in [0.25, 0.3) is 16.9 Å². The van der Waals surface area contributed by atoms with E-state index in [1.54, 1.807) is 0 Å². The average molecular weight is 467 g/mol. The number of ketones is 2. The summed E-state index contributed by atoms with van der Waals surface area (Å²) >= 11 is 0. The van der Waals surface area contributed by atoms with E-state index < -0.39 is 51.7 Å². The Kier molecular flexibility index (Phi) is 4.36. The Morgan fingerprint density at radius 2 is 1.94 bits per heavy atom. The zero-order valence-electron chi connectivity index (χ0n) is 19.2. The van der Waals surface area contributed by atoms with Crippen molar-refractivity contribution in [1.82, 2.24) is 4.98 Å². The van der Waals surface area contributed by atoms with Gasteiger partial charge in [0, 0.05) is 43.6 Å². The molecule has 0 radical (unpaired) electrons. The van der Waals surface area contributed by atoms with Crippen molar-refractivity contribution in [3.63, 3.8) is 0 Å². The molecule has 1 aromatic carbocycles. The molecule has 10 nitrogen and oxygen atoms in total. The lowest BCUT2D eigenvalue weighted by atomic mass is 9.53. The molecule has 1 fully saturated rings. The quantitative estimate of drug-likeness (QED) is 0.480. The number of carbonyl (C=O) groups excluding carboxylic acids is 3. The van der Waals surface area contributed by atoms with Gasteiger partial charge in [-0.1, -0.05) is 13.8 Å². The summed E-state index contributed by atoms with van der Waals surface area (Å²) in [5.74, 6) is -5.93. The fourth-order valence-corrected chi connectivity index (χ4v) is 6.01. The number of primary amides is 1. The van der Waals surface area contributed by atoms with E-state index in [2.05, 4.69) is 4.98 Å². The summed E-state index contributed by atoms with van der Waals surface area (Å²) in [5.41, 5.74) is 3.65. The van der Waals surface area contributed by atoms with E-state index in [0.717, 1.165) is 11.3 Å². The number of Topliss-reactive ketones (excluding diaryl/α,β-unsaturated/α-hetero) is 2. The fourth-order valence-electron chi connectivity index (χ4n) is 6.01. The lowest BCUT2D eigenvalue weighted by Gasteiger charge is -2.51. The first-order valence-corrected chi connectivity index (χ1v) is 10.9. The van der Waals surface area contributed by atoms with Crippen molar-refractivity contribution in [2.45, 2.75) is 37.7 Å². The molecule has 0 bridgehead atoms. The van der Waals surface area contributed by atoms with Crippen LogP contribution in [-0.2, 0) is 19.8 Å². The maximum absolute atomic E-state index is 13.8. The number of amides is 1. The van der Waals surface area contributed by atoms with Crippen LogP contribution in [0, 0.1) is 11.8 Å². The van der Waals surface area contributed by atoms with Crippen molar-refractivity contribution >= 4 is 40.0 Å². The number of benzene rings is 1. The lowest BCUT2D eigenvalue weighted by Crippen LogP contribution is -2.60. The molecule has 1 heterocycles. The number of rotatable bonds is 2. The minimum atomic E-state index is -2.55. The van der Waals surface area contributed by atoms with Gasteiger partial charge in [-0.3, -0.25) is 14.4 Å². The third-order valence-electron chi connectivity index (χ3n) is 7.70. The number of anilines is 1. The van der Waals surface area contributed by atoms with Crippen LogP contribution in [0.5, 0.6) is 0 Å². The second kappa shape index (κ2) is 6.69. The summed E-state index contributed by atoms with van der Waals surface area (Å²) in [5, 5.41) is 33.7. The predicted molar refractivity (Wildman–Crippen MR) is 121 cm³/mol. The number of aliphatic hydroxyl groups is 3. The Morgan fingerprint density at radius 3 is 2.56 bits per heavy atom. The van der Waals surface area contributed by atoms with Gasteiger partial charge in [0.25, 0.3) is 5.91 Å². The van der Waals surface area contributed by atoms with E-state index in [-0.39, 0.29) is 35.3 Å². The van der Waals surface area contributed by atoms with Gasteiger partial charge in [0.1, 0.15) is 22.6 Å². The summed E-state index contributed by atoms with van der Waals surface area (Å²) in [6.07, 6.45) is 1.02. The Labute approximate surface area is 194 Å². The van der Waals surface area contributed by atoms with Crippen LogP contribution in [0.4, 0.5) is 5.69 Å². The number of aromatic nitrogens is 1. The highest BCUT2D eigenvalue weighted by molar-refractivity contribution is 6.23. The average Bonchev–Trinajstić information content (AvgIpc) is 3.21. The molecular weight excluding hydrogens is 442 g/mol. The first-order valence-electron chi connectivity index (χ1n) is 10.9. The lowest BCUT2D eigenvalue weighted by molar-refractivity contribution is -0.148. The standard InChI is InChI=1S/C24H25N3O7/c1-23(2)10-5-9-6-13(28)15(22(25)32)21(31)24(9,33)20(30)14(10)18(29)16-17(23)12(27(3)4)7-11-19(16)34-8-26-11/h7-10,29,31,33H,5-6H2,1-4H3,(H2,25,32)/t9?,10?,24-/m0/s1. The maximum Gasteiger partial charge on any atom is 0.255 e. The predicted octanol–water partition coefficient (Wildman–Crippen LogP) is 1.66. The fraction of sp³-hybridized carbons (Fsp3) is 0.417. The molecule has 0 aliphatic heterocycles. The highest BCUT2D eigenvalue weighted by atomic mass is 16.4. The van der Waals surface area contributed by atoms with Crippen LogP contribution < -0.4 is 10.6 Å². The summed E-state index contributed by atoms with van der Waals surface area (Å²) < 4.78 is 5.58. The molecule has 2 aromatic rings. The van der Waals surface area contributed by atoms with Gasteiger partial charge >= 0.3 is 0 Å². The molecule has 5 rings (SSSR count). The van der Waals surface area contributed by atoms with Gasteiger partial charge in [0.15, 0.2) is 23.4 Å². The summed E-state index contributed by atoms with van der Waals surface area (Å²) in [6, 6.07) is 1.84. The van der Waals surface area contributed by atoms with Gasteiger partial charge in [0.05, 0.1) is 5.56 Å². The summed E-state index contributed by atoms with van der Waals surface area (Å²) in [4.78, 5) is 44.3. The Hall–Kier alpha value is -3.66. The number of nitrogens with two attached hydrogens (primary N) is 1. The second-order valence-corrected chi connectivity index (χ2v) is 10.0. The van der Waals surface area contributed by atoms with Crippen LogP contribution in [0.2, 0.25) is 0 Å². The Morgan fingerprint density at radius 1 is 1.26 bits per heavy atom. The third kappa shape index (κ3) is 2.48. The monoisotopic (exact) mass is 467 g/mol. The first-order chi connectivity index (χ1) is 15.8. The molecule has 10 heteroatoms. The number of oxazole rings is 1. The number of hydrogen-bond donors (Lipinski definition) is 4. The molecule has 0 spiro atoms.